The van der Waals surface area contributed by atoms with E-state index in [4.69, 9.17) is 4.74 Å². The summed E-state index contributed by atoms with van der Waals surface area (Å²) in [5.74, 6) is -7.43. The summed E-state index contributed by atoms with van der Waals surface area (Å²) in [6, 6.07) is 96.5. The van der Waals surface area contributed by atoms with E-state index in [1.165, 1.54) is 68.0 Å². The second-order valence-corrected chi connectivity index (χ2v) is 32.7. The Kier molecular flexibility index (Phi) is 30.5. The fraction of sp³-hybridized carbons (Fsp3) is 0.273. The number of benzene rings is 9. The minimum Gasteiger partial charge on any atom is -0.748 e. The van der Waals surface area contributed by atoms with Crippen molar-refractivity contribution in [1.82, 2.24) is 4.72 Å². The number of hydrogen-bond donors (Lipinski definition) is 1. The quantitative estimate of drug-likeness (QED) is 0.0239. The number of carbonyl (C=O) groups is 2. The van der Waals surface area contributed by atoms with Gasteiger partial charge in [0.15, 0.2) is 44.1 Å². The Labute approximate surface area is 590 Å². The van der Waals surface area contributed by atoms with Crippen LogP contribution in [0.2, 0.25) is 0 Å². The van der Waals surface area contributed by atoms with Crippen LogP contribution in [-0.2, 0) is 71.9 Å². The number of hydrogen-bond acceptors (Lipinski definition) is 10. The van der Waals surface area contributed by atoms with Crippen LogP contribution in [0.4, 0.5) is 30.7 Å². The van der Waals surface area contributed by atoms with E-state index >= 15 is 0 Å². The number of ether oxygens (including phenoxy) is 2. The maximum atomic E-state index is 12.3. The molecule has 9 aromatic carbocycles. The van der Waals surface area contributed by atoms with Crippen molar-refractivity contribution >= 4 is 64.8 Å². The molecule has 0 heterocycles. The average molecular weight is 1470 g/mol. The number of rotatable bonds is 21. The van der Waals surface area contributed by atoms with Crippen LogP contribution in [0, 0.1) is 23.2 Å². The number of carbonyl (C=O) groups excluding carboxylic acids is 2. The molecule has 1 N–H and O–H groups in total. The van der Waals surface area contributed by atoms with Gasteiger partial charge in [0.05, 0.1) is 60.6 Å². The van der Waals surface area contributed by atoms with E-state index < -0.39 is 56.0 Å². The predicted octanol–water partition coefficient (Wildman–Crippen LogP) is 16.9. The van der Waals surface area contributed by atoms with Crippen LogP contribution in [0.1, 0.15) is 65.2 Å². The zero-order chi connectivity index (χ0) is 72.2. The van der Waals surface area contributed by atoms with Crippen LogP contribution < -0.4 is 9.83 Å². The molecule has 4 aliphatic carbocycles. The molecule has 0 aliphatic heterocycles. The highest BCUT2D eigenvalue weighted by Gasteiger charge is 2.59. The van der Waals surface area contributed by atoms with E-state index in [2.05, 4.69) is 278 Å². The van der Waals surface area contributed by atoms with Gasteiger partial charge in [-0.3, -0.25) is 4.79 Å². The molecule has 100 heavy (non-hydrogen) atoms. The van der Waals surface area contributed by atoms with E-state index in [-0.39, 0.29) is 57.2 Å². The van der Waals surface area contributed by atoms with E-state index in [0.29, 0.717) is 30.6 Å². The minimum absolute atomic E-state index is 0.0146. The minimum atomic E-state index is -5.30. The summed E-state index contributed by atoms with van der Waals surface area (Å²) < 4.78 is 145. The van der Waals surface area contributed by atoms with Gasteiger partial charge in [0.25, 0.3) is 0 Å². The summed E-state index contributed by atoms with van der Waals surface area (Å²) >= 11 is 0. The van der Waals surface area contributed by atoms with Crippen LogP contribution >= 0.6 is 0 Å². The van der Waals surface area contributed by atoms with Crippen molar-refractivity contribution in [3.8, 4) is 0 Å². The van der Waals surface area contributed by atoms with Crippen molar-refractivity contribution < 1.29 is 76.3 Å². The first-order valence-corrected chi connectivity index (χ1v) is 39.0. The van der Waals surface area contributed by atoms with Crippen LogP contribution in [0.15, 0.2) is 317 Å². The van der Waals surface area contributed by atoms with Crippen LogP contribution in [-0.4, -0.2) is 76.4 Å². The molecule has 0 amide bonds. The molecule has 0 spiro atoms. The van der Waals surface area contributed by atoms with Crippen molar-refractivity contribution in [3.05, 3.63) is 273 Å². The first-order valence-electron chi connectivity index (χ1n) is 32.2. The smallest absolute Gasteiger partial charge is 0.511 e. The standard InChI is InChI=1S/3C18H15S.C13H20O5S.C5H6F4O3.C5H10F3NO2S/c3*1-4-10-16(11-5-1)19(17-12-6-2-7-13-17)18-14-8-3-9-15-18;14-12(18-1-2-19(15,16)17)13-6-9-3-10(7-13)5-11(4-9)8-13;1-2-12-5(8,9)4(6,7)3(10)11;1-2-3-4-9-12(10,11)5(6,7)8/h3*1-15H;9-11H,1-8H2,(H,15,16,17);2H2,1H3,(H,10,11);9H,2-4H2,1H3/q3*+1;;;/p-2. The Bertz CT molecular complexity index is 3500. The maximum Gasteiger partial charge on any atom is 0.511 e. The molecule has 4 saturated carbocycles. The number of carboxylic acid groups (broad SMARTS) is 1. The molecule has 4 aliphatic rings. The van der Waals surface area contributed by atoms with Crippen molar-refractivity contribution in [2.24, 2.45) is 23.2 Å². The van der Waals surface area contributed by atoms with Crippen LogP contribution in [0.5, 0.6) is 0 Å². The van der Waals surface area contributed by atoms with Crippen molar-refractivity contribution in [1.29, 1.82) is 0 Å². The molecule has 530 valence electrons. The molecule has 4 bridgehead atoms. The van der Waals surface area contributed by atoms with Crippen LogP contribution in [0.25, 0.3) is 0 Å². The van der Waals surface area contributed by atoms with E-state index in [1.54, 1.807) is 6.92 Å². The highest BCUT2D eigenvalue weighted by molar-refractivity contribution is 7.97. The largest absolute Gasteiger partial charge is 0.748 e. The Morgan fingerprint density at radius 3 is 0.910 bits per heavy atom. The van der Waals surface area contributed by atoms with Gasteiger partial charge in [0.1, 0.15) is 12.6 Å². The monoisotopic (exact) mass is 1470 g/mol. The summed E-state index contributed by atoms with van der Waals surface area (Å²) in [7, 11) is -9.47. The fourth-order valence-corrected chi connectivity index (χ4v) is 19.0. The third-order valence-electron chi connectivity index (χ3n) is 15.9. The Morgan fingerprint density at radius 2 is 0.710 bits per heavy atom. The van der Waals surface area contributed by atoms with Crippen LogP contribution in [0.3, 0.4) is 0 Å². The number of alkyl halides is 7. The van der Waals surface area contributed by atoms with E-state index in [0.717, 1.165) is 26.2 Å². The molecular formula is C77H79F7NO10S5+. The highest BCUT2D eigenvalue weighted by Crippen LogP contribution is 2.60. The number of nitrogens with one attached hydrogen (secondary N) is 1. The molecular weight excluding hydrogens is 1390 g/mol. The molecule has 0 radical (unpaired) electrons. The van der Waals surface area contributed by atoms with Gasteiger partial charge in [-0.15, -0.1) is 0 Å². The first-order chi connectivity index (χ1) is 47.8. The Hall–Kier alpha value is -7.74. The molecule has 4 fully saturated rings. The summed E-state index contributed by atoms with van der Waals surface area (Å²) in [6.07, 6.45) is 2.40. The molecule has 0 unspecified atom stereocenters. The van der Waals surface area contributed by atoms with Gasteiger partial charge < -0.3 is 23.9 Å². The number of halogens is 7. The van der Waals surface area contributed by atoms with E-state index in [1.807, 2.05) is 0 Å². The summed E-state index contributed by atoms with van der Waals surface area (Å²) in [5, 5.41) is 9.52. The highest BCUT2D eigenvalue weighted by atomic mass is 32.2. The number of carboxylic acids is 1. The Balaban J connectivity index is 0.000000171. The lowest BCUT2D eigenvalue weighted by Gasteiger charge is -2.55. The van der Waals surface area contributed by atoms with Crippen molar-refractivity contribution in [3.63, 3.8) is 0 Å². The molecule has 0 aromatic heterocycles. The fourth-order valence-electron chi connectivity index (χ4n) is 11.8. The van der Waals surface area contributed by atoms with E-state index in [9.17, 15) is 66.8 Å². The second-order valence-electron chi connectivity index (χ2n) is 23.3. The first kappa shape index (κ1) is 79.6. The molecule has 13 rings (SSSR count). The lowest BCUT2D eigenvalue weighted by atomic mass is 9.49. The van der Waals surface area contributed by atoms with Gasteiger partial charge in [0.2, 0.25) is 0 Å². The summed E-state index contributed by atoms with van der Waals surface area (Å²) in [6.45, 7) is 1.59. The normalized spacial score (nSPS) is 16.9. The number of aliphatic carboxylic acids is 1. The molecule has 0 atom stereocenters. The SMILES string of the molecule is CCCCNS(=O)(=O)C(F)(F)F.CCOC(F)(F)C(F)(F)C(=O)[O-].O=C(OCCS(=O)(=O)[O-])C12CC3CC(CC(C3)C1)C2.c1ccc([S+](c2ccccc2)c2ccccc2)cc1.c1ccc([S+](c2ccccc2)c2ccccc2)cc1.c1ccc([S+](c2ccccc2)c2ccccc2)cc1. The number of esters is 1. The lowest BCUT2D eigenvalue weighted by molar-refractivity contribution is -0.387. The third kappa shape index (κ3) is 23.7. The number of unbranched alkanes of at least 4 members (excludes halogenated alkanes) is 1. The molecule has 23 heteroatoms. The third-order valence-corrected chi connectivity index (χ3v) is 24.5. The summed E-state index contributed by atoms with van der Waals surface area (Å²) in [4.78, 5) is 34.0. The maximum absolute atomic E-state index is 12.3. The van der Waals surface area contributed by atoms with Gasteiger partial charge in [-0.2, -0.15) is 30.7 Å². The zero-order valence-corrected chi connectivity index (χ0v) is 59.1. The number of sulfonamides is 1. The predicted molar refractivity (Wildman–Crippen MR) is 375 cm³/mol. The van der Waals surface area contributed by atoms with Gasteiger partial charge in [-0.05, 0) is 179 Å². The lowest BCUT2D eigenvalue weighted by Crippen LogP contribution is -2.55. The second kappa shape index (κ2) is 38.3. The van der Waals surface area contributed by atoms with Gasteiger partial charge in [-0.25, -0.2) is 21.6 Å². The summed E-state index contributed by atoms with van der Waals surface area (Å²) in [5.41, 5.74) is -5.57. The zero-order valence-electron chi connectivity index (χ0n) is 55.0. The molecule has 0 saturated heterocycles. The van der Waals surface area contributed by atoms with Gasteiger partial charge >= 0.3 is 33.5 Å². The molecule has 9 aromatic rings. The van der Waals surface area contributed by atoms with Gasteiger partial charge in [-0.1, -0.05) is 177 Å². The molecule has 11 nitrogen and oxygen atoms in total. The Morgan fingerprint density at radius 1 is 0.460 bits per heavy atom. The topological polar surface area (TPSA) is 179 Å². The van der Waals surface area contributed by atoms with Gasteiger partial charge in [0, 0.05) is 6.54 Å². The average Bonchev–Trinajstić information content (AvgIpc) is 0.743. The van der Waals surface area contributed by atoms with Crippen molar-refractivity contribution in [2.45, 2.75) is 127 Å². The van der Waals surface area contributed by atoms with Crippen molar-refractivity contribution in [2.75, 3.05) is 25.5 Å².